The van der Waals surface area contributed by atoms with Gasteiger partial charge in [0.2, 0.25) is 0 Å². The first-order chi connectivity index (χ1) is 9.28. The van der Waals surface area contributed by atoms with Crippen molar-refractivity contribution in [2.45, 2.75) is 19.3 Å². The highest BCUT2D eigenvalue weighted by Gasteiger charge is 2.33. The average molecular weight is 271 g/mol. The first-order valence-electron chi connectivity index (χ1n) is 7.61. The van der Waals surface area contributed by atoms with Gasteiger partial charge in [-0.25, -0.2) is 0 Å². The van der Waals surface area contributed by atoms with Gasteiger partial charge in [-0.05, 0) is 32.4 Å². The summed E-state index contributed by atoms with van der Waals surface area (Å²) in [7, 11) is 0. The lowest BCUT2D eigenvalue weighted by Gasteiger charge is -2.39. The van der Waals surface area contributed by atoms with E-state index in [9.17, 15) is 0 Å². The van der Waals surface area contributed by atoms with Gasteiger partial charge < -0.3 is 20.5 Å². The Balaban J connectivity index is 1.84. The number of hydrogen-bond acceptors (Lipinski definition) is 5. The highest BCUT2D eigenvalue weighted by molar-refractivity contribution is 4.87. The number of β-amino-alcohol motifs (C(OH)–C–C–N with tert-alkyl or cyclic N) is 1. The number of nitrogens with two attached hydrogens (primary N) is 1. The Morgan fingerprint density at radius 3 is 2.58 bits per heavy atom. The fourth-order valence-electron chi connectivity index (χ4n) is 3.28. The fraction of sp³-hybridized carbons (Fsp3) is 1.00. The van der Waals surface area contributed by atoms with E-state index in [0.717, 1.165) is 65.4 Å². The normalized spacial score (nSPS) is 31.3. The summed E-state index contributed by atoms with van der Waals surface area (Å²) in [4.78, 5) is 4.89. The molecule has 0 saturated carbocycles. The van der Waals surface area contributed by atoms with Crippen LogP contribution in [0.25, 0.3) is 0 Å². The van der Waals surface area contributed by atoms with Crippen molar-refractivity contribution in [3.05, 3.63) is 0 Å². The smallest absolute Gasteiger partial charge is 0.0558 e. The largest absolute Gasteiger partial charge is 0.395 e. The Bertz CT molecular complexity index is 257. The fourth-order valence-corrected chi connectivity index (χ4v) is 3.28. The predicted molar refractivity (Wildman–Crippen MR) is 76.1 cm³/mol. The highest BCUT2D eigenvalue weighted by Crippen LogP contribution is 2.28. The maximum absolute atomic E-state index is 9.03. The van der Waals surface area contributed by atoms with Gasteiger partial charge in [0.25, 0.3) is 0 Å². The quantitative estimate of drug-likeness (QED) is 0.721. The van der Waals surface area contributed by atoms with Crippen molar-refractivity contribution in [3.8, 4) is 0 Å². The molecular formula is C14H29N3O2. The molecule has 0 spiro atoms. The number of hydrogen-bond donors (Lipinski definition) is 2. The summed E-state index contributed by atoms with van der Waals surface area (Å²) in [5.74, 6) is 0. The van der Waals surface area contributed by atoms with E-state index in [0.29, 0.717) is 0 Å². The van der Waals surface area contributed by atoms with Crippen LogP contribution in [-0.4, -0.2) is 80.5 Å². The van der Waals surface area contributed by atoms with Crippen LogP contribution in [0.15, 0.2) is 0 Å². The maximum Gasteiger partial charge on any atom is 0.0558 e. The first-order valence-corrected chi connectivity index (χ1v) is 7.61. The molecule has 5 heteroatoms. The Labute approximate surface area is 116 Å². The molecule has 2 aliphatic rings. The summed E-state index contributed by atoms with van der Waals surface area (Å²) in [5.41, 5.74) is 6.19. The second-order valence-corrected chi connectivity index (χ2v) is 6.06. The summed E-state index contributed by atoms with van der Waals surface area (Å²) in [6.45, 7) is 8.96. The summed E-state index contributed by atoms with van der Waals surface area (Å²) < 4.78 is 5.66. The molecule has 0 amide bonds. The van der Waals surface area contributed by atoms with Crippen molar-refractivity contribution in [2.75, 3.05) is 65.6 Å². The Kier molecular flexibility index (Phi) is 6.04. The zero-order chi connectivity index (χ0) is 13.6. The standard InChI is InChI=1S/C14H29N3O2/c15-11-14(3-1-10-19-13-14)12-17-5-2-4-16(6-7-17)8-9-18/h18H,1-13,15H2. The predicted octanol–water partition coefficient (Wildman–Crippen LogP) is -0.258. The minimum atomic E-state index is 0.171. The van der Waals surface area contributed by atoms with Gasteiger partial charge in [-0.3, -0.25) is 4.90 Å². The number of aliphatic hydroxyl groups excluding tert-OH is 1. The molecule has 0 aromatic carbocycles. The van der Waals surface area contributed by atoms with E-state index in [1.165, 1.54) is 12.8 Å². The second-order valence-electron chi connectivity index (χ2n) is 6.06. The van der Waals surface area contributed by atoms with Crippen LogP contribution in [0.4, 0.5) is 0 Å². The van der Waals surface area contributed by atoms with Crippen LogP contribution in [0, 0.1) is 5.41 Å². The van der Waals surface area contributed by atoms with E-state index >= 15 is 0 Å². The van der Waals surface area contributed by atoms with E-state index in [4.69, 9.17) is 15.6 Å². The molecule has 0 aromatic heterocycles. The second kappa shape index (κ2) is 7.55. The summed E-state index contributed by atoms with van der Waals surface area (Å²) in [6.07, 6.45) is 3.52. The van der Waals surface area contributed by atoms with Crippen LogP contribution in [-0.2, 0) is 4.74 Å². The van der Waals surface area contributed by atoms with Gasteiger partial charge in [0.05, 0.1) is 13.2 Å². The molecule has 2 aliphatic heterocycles. The first kappa shape index (κ1) is 15.2. The molecule has 2 heterocycles. The van der Waals surface area contributed by atoms with Gasteiger partial charge in [0, 0.05) is 44.7 Å². The SMILES string of the molecule is NCC1(CN2CCCN(CCO)CC2)CCCOC1. The van der Waals surface area contributed by atoms with Gasteiger partial charge in [0.1, 0.15) is 0 Å². The third-order valence-electron chi connectivity index (χ3n) is 4.49. The van der Waals surface area contributed by atoms with Crippen LogP contribution >= 0.6 is 0 Å². The minimum absolute atomic E-state index is 0.171. The molecule has 2 fully saturated rings. The summed E-state index contributed by atoms with van der Waals surface area (Å²) >= 11 is 0. The number of rotatable bonds is 5. The van der Waals surface area contributed by atoms with Gasteiger partial charge >= 0.3 is 0 Å². The molecule has 0 radical (unpaired) electrons. The van der Waals surface area contributed by atoms with Crippen molar-refractivity contribution < 1.29 is 9.84 Å². The molecule has 112 valence electrons. The Morgan fingerprint density at radius 1 is 1.11 bits per heavy atom. The van der Waals surface area contributed by atoms with Crippen LogP contribution in [0.1, 0.15) is 19.3 Å². The molecule has 19 heavy (non-hydrogen) atoms. The van der Waals surface area contributed by atoms with Crippen LogP contribution < -0.4 is 5.73 Å². The lowest BCUT2D eigenvalue weighted by atomic mass is 9.82. The van der Waals surface area contributed by atoms with E-state index < -0.39 is 0 Å². The van der Waals surface area contributed by atoms with Crippen molar-refractivity contribution in [2.24, 2.45) is 11.1 Å². The molecule has 2 saturated heterocycles. The zero-order valence-electron chi connectivity index (χ0n) is 12.0. The molecule has 0 aromatic rings. The number of aliphatic hydroxyl groups is 1. The molecule has 1 unspecified atom stereocenters. The zero-order valence-corrected chi connectivity index (χ0v) is 12.0. The Hall–Kier alpha value is -0.200. The van der Waals surface area contributed by atoms with Crippen molar-refractivity contribution in [3.63, 3.8) is 0 Å². The molecular weight excluding hydrogens is 242 g/mol. The van der Waals surface area contributed by atoms with Crippen LogP contribution in [0.5, 0.6) is 0 Å². The monoisotopic (exact) mass is 271 g/mol. The topological polar surface area (TPSA) is 62.0 Å². The molecule has 1 atom stereocenters. The molecule has 5 nitrogen and oxygen atoms in total. The van der Waals surface area contributed by atoms with Crippen molar-refractivity contribution >= 4 is 0 Å². The Morgan fingerprint density at radius 2 is 1.89 bits per heavy atom. The minimum Gasteiger partial charge on any atom is -0.395 e. The van der Waals surface area contributed by atoms with Crippen LogP contribution in [0.3, 0.4) is 0 Å². The lowest BCUT2D eigenvalue weighted by Crippen LogP contribution is -2.48. The lowest BCUT2D eigenvalue weighted by molar-refractivity contribution is -0.0213. The summed E-state index contributed by atoms with van der Waals surface area (Å²) in [6, 6.07) is 0. The van der Waals surface area contributed by atoms with Gasteiger partial charge in [-0.1, -0.05) is 0 Å². The average Bonchev–Trinajstić information content (AvgIpc) is 2.66. The summed E-state index contributed by atoms with van der Waals surface area (Å²) in [5, 5.41) is 9.03. The number of ether oxygens (including phenoxy) is 1. The van der Waals surface area contributed by atoms with Gasteiger partial charge in [-0.2, -0.15) is 0 Å². The maximum atomic E-state index is 9.03. The molecule has 2 rings (SSSR count). The van der Waals surface area contributed by atoms with Crippen molar-refractivity contribution in [1.82, 2.24) is 9.80 Å². The number of nitrogens with zero attached hydrogens (tertiary/aromatic N) is 2. The van der Waals surface area contributed by atoms with E-state index in [1.54, 1.807) is 0 Å². The molecule has 0 bridgehead atoms. The third kappa shape index (κ3) is 4.39. The van der Waals surface area contributed by atoms with E-state index in [-0.39, 0.29) is 12.0 Å². The van der Waals surface area contributed by atoms with E-state index in [1.807, 2.05) is 0 Å². The van der Waals surface area contributed by atoms with E-state index in [2.05, 4.69) is 9.80 Å². The van der Waals surface area contributed by atoms with Crippen LogP contribution in [0.2, 0.25) is 0 Å². The molecule has 0 aliphatic carbocycles. The van der Waals surface area contributed by atoms with Crippen molar-refractivity contribution in [1.29, 1.82) is 0 Å². The molecule has 3 N–H and O–H groups in total. The third-order valence-corrected chi connectivity index (χ3v) is 4.49. The highest BCUT2D eigenvalue weighted by atomic mass is 16.5. The van der Waals surface area contributed by atoms with Gasteiger partial charge in [-0.15, -0.1) is 0 Å². The van der Waals surface area contributed by atoms with Gasteiger partial charge in [0.15, 0.2) is 0 Å².